The third kappa shape index (κ3) is 5.03. The lowest BCUT2D eigenvalue weighted by molar-refractivity contribution is -0.137. The van der Waals surface area contributed by atoms with Crippen molar-refractivity contribution in [2.75, 3.05) is 5.32 Å². The van der Waals surface area contributed by atoms with Crippen LogP contribution in [0.15, 0.2) is 64.6 Å². The van der Waals surface area contributed by atoms with E-state index in [2.05, 4.69) is 5.32 Å². The zero-order chi connectivity index (χ0) is 21.9. The van der Waals surface area contributed by atoms with Crippen molar-refractivity contribution >= 4 is 40.9 Å². The van der Waals surface area contributed by atoms with E-state index in [1.165, 1.54) is 6.08 Å². The van der Waals surface area contributed by atoms with Gasteiger partial charge in [0, 0.05) is 22.3 Å². The quantitative estimate of drug-likeness (QED) is 0.350. The molecule has 0 radical (unpaired) electrons. The van der Waals surface area contributed by atoms with E-state index < -0.39 is 22.7 Å². The van der Waals surface area contributed by atoms with Crippen LogP contribution in [0.25, 0.3) is 17.4 Å². The highest BCUT2D eigenvalue weighted by Gasteiger charge is 2.33. The summed E-state index contributed by atoms with van der Waals surface area (Å²) < 4.78 is 43.9. The number of furan rings is 1. The first-order valence-electron chi connectivity index (χ1n) is 8.33. The van der Waals surface area contributed by atoms with Crippen LogP contribution in [0, 0.1) is 11.3 Å². The van der Waals surface area contributed by atoms with Gasteiger partial charge < -0.3 is 9.73 Å². The number of nitrogens with zero attached hydrogens (tertiary/aromatic N) is 1. The minimum atomic E-state index is -4.61. The van der Waals surface area contributed by atoms with E-state index in [0.717, 1.165) is 23.8 Å². The van der Waals surface area contributed by atoms with Crippen LogP contribution in [0.4, 0.5) is 18.9 Å². The average Bonchev–Trinajstić information content (AvgIpc) is 3.14. The zero-order valence-corrected chi connectivity index (χ0v) is 16.4. The molecular formula is C21H11Cl2F3N2O2. The van der Waals surface area contributed by atoms with Gasteiger partial charge in [0.1, 0.15) is 23.2 Å². The highest BCUT2D eigenvalue weighted by atomic mass is 35.5. The minimum absolute atomic E-state index is 0.0143. The summed E-state index contributed by atoms with van der Waals surface area (Å²) in [4.78, 5) is 12.3. The molecule has 1 heterocycles. The third-order valence-electron chi connectivity index (χ3n) is 3.94. The first-order valence-corrected chi connectivity index (χ1v) is 9.08. The molecule has 152 valence electrons. The van der Waals surface area contributed by atoms with E-state index >= 15 is 0 Å². The summed E-state index contributed by atoms with van der Waals surface area (Å²) in [6.45, 7) is 0. The Morgan fingerprint density at radius 3 is 2.37 bits per heavy atom. The number of rotatable bonds is 4. The van der Waals surface area contributed by atoms with Gasteiger partial charge in [0.05, 0.1) is 10.6 Å². The highest BCUT2D eigenvalue weighted by molar-refractivity contribution is 6.32. The molecule has 9 heteroatoms. The number of carbonyl (C=O) groups is 1. The molecule has 4 nitrogen and oxygen atoms in total. The molecule has 0 saturated carbocycles. The van der Waals surface area contributed by atoms with Crippen molar-refractivity contribution in [2.24, 2.45) is 0 Å². The van der Waals surface area contributed by atoms with Gasteiger partial charge in [0.2, 0.25) is 0 Å². The van der Waals surface area contributed by atoms with E-state index in [-0.39, 0.29) is 17.0 Å². The number of alkyl halides is 3. The molecule has 1 N–H and O–H groups in total. The minimum Gasteiger partial charge on any atom is -0.457 e. The van der Waals surface area contributed by atoms with Crippen LogP contribution in [-0.4, -0.2) is 5.91 Å². The molecule has 0 aliphatic rings. The number of hydrogen-bond acceptors (Lipinski definition) is 3. The first kappa shape index (κ1) is 21.5. The molecule has 0 aliphatic carbocycles. The van der Waals surface area contributed by atoms with Crippen LogP contribution < -0.4 is 5.32 Å². The SMILES string of the molecule is N#C/C(=C\c1ccc(-c2ccc(Cl)cc2)o1)C(=O)Nc1ccc(C(F)(F)F)c(Cl)c1. The fraction of sp³-hybridized carbons (Fsp3) is 0.0476. The second kappa shape index (κ2) is 8.66. The van der Waals surface area contributed by atoms with Crippen LogP contribution in [0.2, 0.25) is 10.0 Å². The summed E-state index contributed by atoms with van der Waals surface area (Å²) in [6, 6.07) is 14.6. The molecule has 2 aromatic carbocycles. The standard InChI is InChI=1S/C21H11Cl2F3N2O2/c22-14-3-1-12(2-4-14)19-8-6-16(30-19)9-13(11-27)20(29)28-15-5-7-17(18(23)10-15)21(24,25)26/h1-10H,(H,28,29)/b13-9+. The van der Waals surface area contributed by atoms with Gasteiger partial charge in [-0.1, -0.05) is 23.2 Å². The molecular weight excluding hydrogens is 440 g/mol. The van der Waals surface area contributed by atoms with Gasteiger partial charge in [-0.25, -0.2) is 0 Å². The van der Waals surface area contributed by atoms with E-state index in [0.29, 0.717) is 10.8 Å². The van der Waals surface area contributed by atoms with Crippen LogP contribution in [0.5, 0.6) is 0 Å². The van der Waals surface area contributed by atoms with Crippen molar-refractivity contribution in [2.45, 2.75) is 6.18 Å². The first-order chi connectivity index (χ1) is 14.2. The highest BCUT2D eigenvalue weighted by Crippen LogP contribution is 2.36. The van der Waals surface area contributed by atoms with Gasteiger partial charge in [0.15, 0.2) is 0 Å². The lowest BCUT2D eigenvalue weighted by Gasteiger charge is -2.10. The summed E-state index contributed by atoms with van der Waals surface area (Å²) in [5, 5.41) is 11.6. The Balaban J connectivity index is 1.78. The number of carbonyl (C=O) groups excluding carboxylic acids is 1. The lowest BCUT2D eigenvalue weighted by Crippen LogP contribution is -2.14. The number of nitriles is 1. The van der Waals surface area contributed by atoms with Gasteiger partial charge in [-0.05, 0) is 54.6 Å². The fourth-order valence-electron chi connectivity index (χ4n) is 2.51. The van der Waals surface area contributed by atoms with E-state index in [1.807, 2.05) is 0 Å². The van der Waals surface area contributed by atoms with E-state index in [9.17, 15) is 23.2 Å². The summed E-state index contributed by atoms with van der Waals surface area (Å²) in [5.74, 6) is -0.0694. The van der Waals surface area contributed by atoms with Crippen molar-refractivity contribution in [1.82, 2.24) is 0 Å². The molecule has 0 spiro atoms. The van der Waals surface area contributed by atoms with Gasteiger partial charge in [-0.2, -0.15) is 18.4 Å². The number of amides is 1. The molecule has 1 aromatic heterocycles. The van der Waals surface area contributed by atoms with E-state index in [1.54, 1.807) is 42.5 Å². The van der Waals surface area contributed by atoms with Crippen molar-refractivity contribution in [3.63, 3.8) is 0 Å². The Morgan fingerprint density at radius 2 is 1.77 bits per heavy atom. The predicted molar refractivity (Wildman–Crippen MR) is 108 cm³/mol. The zero-order valence-electron chi connectivity index (χ0n) is 14.9. The summed E-state index contributed by atoms with van der Waals surface area (Å²) in [7, 11) is 0. The molecule has 0 atom stereocenters. The molecule has 0 aliphatic heterocycles. The number of hydrogen-bond donors (Lipinski definition) is 1. The topological polar surface area (TPSA) is 66.0 Å². The monoisotopic (exact) mass is 450 g/mol. The van der Waals surface area contributed by atoms with Crippen LogP contribution >= 0.6 is 23.2 Å². The van der Waals surface area contributed by atoms with Gasteiger partial charge in [-0.15, -0.1) is 0 Å². The Bertz CT molecular complexity index is 1160. The summed E-state index contributed by atoms with van der Waals surface area (Å²) >= 11 is 11.5. The molecule has 3 rings (SSSR count). The average molecular weight is 451 g/mol. The van der Waals surface area contributed by atoms with Crippen LogP contribution in [0.1, 0.15) is 11.3 Å². The second-order valence-electron chi connectivity index (χ2n) is 6.03. The fourth-order valence-corrected chi connectivity index (χ4v) is 2.93. The summed E-state index contributed by atoms with van der Waals surface area (Å²) in [6.07, 6.45) is -3.39. The molecule has 1 amide bonds. The third-order valence-corrected chi connectivity index (χ3v) is 4.50. The largest absolute Gasteiger partial charge is 0.457 e. The Labute approximate surface area is 179 Å². The Kier molecular flexibility index (Phi) is 6.20. The molecule has 0 unspecified atom stereocenters. The molecule has 0 fully saturated rings. The van der Waals surface area contributed by atoms with Crippen LogP contribution in [0.3, 0.4) is 0 Å². The predicted octanol–water partition coefficient (Wildman–Crippen LogP) is 6.82. The second-order valence-corrected chi connectivity index (χ2v) is 6.87. The Morgan fingerprint density at radius 1 is 1.07 bits per heavy atom. The lowest BCUT2D eigenvalue weighted by atomic mass is 10.1. The van der Waals surface area contributed by atoms with Crippen molar-refractivity contribution < 1.29 is 22.4 Å². The maximum atomic E-state index is 12.8. The van der Waals surface area contributed by atoms with Gasteiger partial charge >= 0.3 is 6.18 Å². The van der Waals surface area contributed by atoms with E-state index in [4.69, 9.17) is 27.6 Å². The molecule has 0 bridgehead atoms. The maximum Gasteiger partial charge on any atom is 0.417 e. The summed E-state index contributed by atoms with van der Waals surface area (Å²) in [5.41, 5.74) is -0.562. The number of anilines is 1. The van der Waals surface area contributed by atoms with Crippen LogP contribution in [-0.2, 0) is 11.0 Å². The van der Waals surface area contributed by atoms with Crippen molar-refractivity contribution in [3.05, 3.63) is 81.5 Å². The molecule has 0 saturated heterocycles. The smallest absolute Gasteiger partial charge is 0.417 e. The van der Waals surface area contributed by atoms with Crippen molar-refractivity contribution in [1.29, 1.82) is 5.26 Å². The molecule has 30 heavy (non-hydrogen) atoms. The van der Waals surface area contributed by atoms with Gasteiger partial charge in [0.25, 0.3) is 5.91 Å². The van der Waals surface area contributed by atoms with Gasteiger partial charge in [-0.3, -0.25) is 4.79 Å². The number of benzene rings is 2. The Hall–Kier alpha value is -3.21. The normalized spacial score (nSPS) is 11.8. The molecule has 3 aromatic rings. The number of nitrogens with one attached hydrogen (secondary N) is 1. The van der Waals surface area contributed by atoms with Crippen molar-refractivity contribution in [3.8, 4) is 17.4 Å². The maximum absolute atomic E-state index is 12.8. The number of halogens is 5.